The van der Waals surface area contributed by atoms with E-state index in [-0.39, 0.29) is 5.91 Å². The highest BCUT2D eigenvalue weighted by atomic mass is 35.5. The van der Waals surface area contributed by atoms with Gasteiger partial charge in [-0.1, -0.05) is 23.7 Å². The maximum Gasteiger partial charge on any atom is 0.218 e. The lowest BCUT2D eigenvalue weighted by Crippen LogP contribution is -2.38. The summed E-state index contributed by atoms with van der Waals surface area (Å²) in [6.07, 6.45) is 8.60. The second-order valence-electron chi connectivity index (χ2n) is 9.43. The zero-order valence-corrected chi connectivity index (χ0v) is 20.4. The highest BCUT2D eigenvalue weighted by Gasteiger charge is 2.21. The molecule has 1 saturated carbocycles. The highest BCUT2D eigenvalue weighted by Crippen LogP contribution is 2.32. The van der Waals surface area contributed by atoms with Crippen LogP contribution in [0.15, 0.2) is 36.5 Å². The summed E-state index contributed by atoms with van der Waals surface area (Å²) in [7, 11) is 0. The number of nitrogens with zero attached hydrogens (tertiary/aromatic N) is 1. The molecular formula is C26H36ClN5O2. The van der Waals surface area contributed by atoms with E-state index in [1.54, 1.807) is 6.20 Å². The van der Waals surface area contributed by atoms with Gasteiger partial charge in [-0.2, -0.15) is 0 Å². The Bertz CT molecular complexity index is 943. The zero-order chi connectivity index (χ0) is 23.8. The van der Waals surface area contributed by atoms with E-state index in [0.717, 1.165) is 80.9 Å². The van der Waals surface area contributed by atoms with Gasteiger partial charge in [-0.15, -0.1) is 0 Å². The van der Waals surface area contributed by atoms with Crippen LogP contribution in [0.1, 0.15) is 44.9 Å². The molecule has 1 aliphatic heterocycles. The smallest absolute Gasteiger partial charge is 0.218 e. The molecule has 0 unspecified atom stereocenters. The third-order valence-electron chi connectivity index (χ3n) is 6.85. The van der Waals surface area contributed by atoms with Gasteiger partial charge in [0.15, 0.2) is 0 Å². The third-order valence-corrected chi connectivity index (χ3v) is 7.15. The fourth-order valence-corrected chi connectivity index (χ4v) is 5.01. The first kappa shape index (κ1) is 24.8. The molecule has 0 spiro atoms. The maximum atomic E-state index is 10.9. The van der Waals surface area contributed by atoms with Crippen LogP contribution in [0.2, 0.25) is 5.02 Å². The largest absolute Gasteiger partial charge is 0.385 e. The van der Waals surface area contributed by atoms with Crippen LogP contribution in [0.25, 0.3) is 11.1 Å². The summed E-state index contributed by atoms with van der Waals surface area (Å²) in [4.78, 5) is 15.4. The molecule has 1 aliphatic carbocycles. The lowest BCUT2D eigenvalue weighted by molar-refractivity contribution is -0.117. The Labute approximate surface area is 207 Å². The van der Waals surface area contributed by atoms with Crippen molar-refractivity contribution in [3.8, 4) is 11.1 Å². The Morgan fingerprint density at radius 2 is 1.85 bits per heavy atom. The highest BCUT2D eigenvalue weighted by molar-refractivity contribution is 6.33. The van der Waals surface area contributed by atoms with Crippen molar-refractivity contribution in [2.24, 2.45) is 11.7 Å². The van der Waals surface area contributed by atoms with Crippen LogP contribution >= 0.6 is 11.6 Å². The molecule has 1 aromatic heterocycles. The Hall–Kier alpha value is -2.35. The average molecular weight is 486 g/mol. The quantitative estimate of drug-likeness (QED) is 0.397. The number of halogens is 1. The van der Waals surface area contributed by atoms with Crippen molar-refractivity contribution in [1.29, 1.82) is 0 Å². The predicted molar refractivity (Wildman–Crippen MR) is 138 cm³/mol. The first-order valence-electron chi connectivity index (χ1n) is 12.4. The van der Waals surface area contributed by atoms with Crippen molar-refractivity contribution in [1.82, 2.24) is 10.3 Å². The first-order chi connectivity index (χ1) is 16.6. The molecule has 0 atom stereocenters. The predicted octanol–water partition coefficient (Wildman–Crippen LogP) is 4.43. The van der Waals surface area contributed by atoms with Gasteiger partial charge in [0.25, 0.3) is 0 Å². The Balaban J connectivity index is 1.33. The van der Waals surface area contributed by atoms with Gasteiger partial charge in [0.05, 0.1) is 5.02 Å². The topological polar surface area (TPSA) is 101 Å². The van der Waals surface area contributed by atoms with Crippen LogP contribution in [0, 0.1) is 5.92 Å². The van der Waals surface area contributed by atoms with E-state index in [2.05, 4.69) is 51.3 Å². The number of carbonyl (C=O) groups excluding carboxylic acids is 1. The van der Waals surface area contributed by atoms with Gasteiger partial charge >= 0.3 is 0 Å². The Kier molecular flexibility index (Phi) is 9.02. The summed E-state index contributed by atoms with van der Waals surface area (Å²) >= 11 is 6.55. The number of hydrogen-bond acceptors (Lipinski definition) is 6. The molecule has 1 saturated heterocycles. The maximum absolute atomic E-state index is 10.9. The molecule has 4 rings (SSSR count). The molecule has 34 heavy (non-hydrogen) atoms. The van der Waals surface area contributed by atoms with Gasteiger partial charge in [-0.25, -0.2) is 4.98 Å². The van der Waals surface area contributed by atoms with Crippen LogP contribution in [0.3, 0.4) is 0 Å². The molecule has 7 nitrogen and oxygen atoms in total. The van der Waals surface area contributed by atoms with E-state index in [1.807, 2.05) is 0 Å². The summed E-state index contributed by atoms with van der Waals surface area (Å²) in [5, 5.41) is 11.3. The van der Waals surface area contributed by atoms with E-state index in [1.165, 1.54) is 0 Å². The van der Waals surface area contributed by atoms with E-state index >= 15 is 0 Å². The number of rotatable bonds is 10. The van der Waals surface area contributed by atoms with Crippen molar-refractivity contribution >= 4 is 29.0 Å². The summed E-state index contributed by atoms with van der Waals surface area (Å²) in [6, 6.07) is 11.3. The molecule has 0 radical (unpaired) electrons. The second kappa shape index (κ2) is 12.4. The van der Waals surface area contributed by atoms with Crippen LogP contribution in [-0.4, -0.2) is 49.3 Å². The van der Waals surface area contributed by atoms with Crippen molar-refractivity contribution < 1.29 is 9.53 Å². The Morgan fingerprint density at radius 3 is 2.62 bits per heavy atom. The van der Waals surface area contributed by atoms with Crippen LogP contribution in [0.4, 0.5) is 11.5 Å². The molecule has 2 aromatic rings. The molecule has 2 aliphatic rings. The molecule has 2 fully saturated rings. The van der Waals surface area contributed by atoms with E-state index in [9.17, 15) is 4.79 Å². The van der Waals surface area contributed by atoms with Crippen LogP contribution in [-0.2, 0) is 9.53 Å². The molecule has 5 N–H and O–H groups in total. The molecule has 0 bridgehead atoms. The molecular weight excluding hydrogens is 450 g/mol. The van der Waals surface area contributed by atoms with Gasteiger partial charge in [0.1, 0.15) is 5.82 Å². The van der Waals surface area contributed by atoms with Gasteiger partial charge < -0.3 is 26.4 Å². The number of primary amides is 1. The molecule has 8 heteroatoms. The first-order valence-corrected chi connectivity index (χ1v) is 12.8. The SMILES string of the molecule is NC(=O)CCN[C@H]1CC[C@H](Nc2cc(-c3cccc(NCC4CCOCC4)c3)c(Cl)cn2)CC1. The number of aromatic nitrogens is 1. The number of nitrogens with two attached hydrogens (primary N) is 1. The number of anilines is 2. The van der Waals surface area contributed by atoms with Crippen molar-refractivity contribution in [2.45, 2.75) is 57.0 Å². The normalized spacial score (nSPS) is 21.2. The van der Waals surface area contributed by atoms with Crippen LogP contribution < -0.4 is 21.7 Å². The summed E-state index contributed by atoms with van der Waals surface area (Å²) in [5.41, 5.74) is 8.39. The monoisotopic (exact) mass is 485 g/mol. The number of pyridine rings is 1. The standard InChI is InChI=1S/C26H36ClN5O2/c27-24-17-31-26(32-21-6-4-20(5-7-21)29-11-8-25(28)33)15-23(24)19-2-1-3-22(14-19)30-16-18-9-12-34-13-10-18/h1-3,14-15,17-18,20-21,29-30H,4-13,16H2,(H2,28,33)(H,31,32)/t20-,21-. The number of benzene rings is 1. The van der Waals surface area contributed by atoms with Crippen molar-refractivity contribution in [2.75, 3.05) is 36.9 Å². The second-order valence-corrected chi connectivity index (χ2v) is 9.84. The zero-order valence-electron chi connectivity index (χ0n) is 19.7. The summed E-state index contributed by atoms with van der Waals surface area (Å²) in [5.74, 6) is 1.25. The number of ether oxygens (including phenoxy) is 1. The number of amides is 1. The molecule has 1 aromatic carbocycles. The van der Waals surface area contributed by atoms with E-state index in [0.29, 0.717) is 36.0 Å². The Morgan fingerprint density at radius 1 is 1.09 bits per heavy atom. The number of hydrogen-bond donors (Lipinski definition) is 4. The van der Waals surface area contributed by atoms with E-state index < -0.39 is 0 Å². The summed E-state index contributed by atoms with van der Waals surface area (Å²) in [6.45, 7) is 3.34. The van der Waals surface area contributed by atoms with E-state index in [4.69, 9.17) is 22.1 Å². The third kappa shape index (κ3) is 7.32. The minimum atomic E-state index is -0.256. The molecule has 184 valence electrons. The van der Waals surface area contributed by atoms with Crippen molar-refractivity contribution in [3.63, 3.8) is 0 Å². The fourth-order valence-electron chi connectivity index (χ4n) is 4.80. The van der Waals surface area contributed by atoms with Gasteiger partial charge in [0.2, 0.25) is 5.91 Å². The minimum Gasteiger partial charge on any atom is -0.385 e. The number of carbonyl (C=O) groups is 1. The fraction of sp³-hybridized carbons (Fsp3) is 0.538. The minimum absolute atomic E-state index is 0.256. The van der Waals surface area contributed by atoms with Crippen LogP contribution in [0.5, 0.6) is 0 Å². The van der Waals surface area contributed by atoms with Crippen molar-refractivity contribution in [3.05, 3.63) is 41.6 Å². The van der Waals surface area contributed by atoms with Gasteiger partial charge in [-0.3, -0.25) is 4.79 Å². The average Bonchev–Trinajstić information content (AvgIpc) is 2.86. The van der Waals surface area contributed by atoms with Gasteiger partial charge in [-0.05, 0) is 68.2 Å². The molecule has 1 amide bonds. The lowest BCUT2D eigenvalue weighted by atomic mass is 9.91. The number of nitrogens with one attached hydrogen (secondary N) is 3. The molecule has 2 heterocycles. The van der Waals surface area contributed by atoms with Gasteiger partial charge in [0, 0.05) is 62.3 Å². The summed E-state index contributed by atoms with van der Waals surface area (Å²) < 4.78 is 5.46. The lowest BCUT2D eigenvalue weighted by Gasteiger charge is -2.30.